The molecule has 0 aliphatic carbocycles. The maximum Gasteiger partial charge on any atom is 0.0375 e. The van der Waals surface area contributed by atoms with Gasteiger partial charge in [-0.25, -0.2) is 0 Å². The molecular weight excluding hydrogens is 246 g/mol. The van der Waals surface area contributed by atoms with E-state index in [4.69, 9.17) is 0 Å². The largest absolute Gasteiger partial charge is 0.298 e. The van der Waals surface area contributed by atoms with Crippen LogP contribution in [0.25, 0.3) is 0 Å². The fraction of sp³-hybridized carbons (Fsp3) is 0.412. The molecule has 0 radical (unpaired) electrons. The number of rotatable bonds is 3. The monoisotopic (exact) mass is 267 g/mol. The first-order chi connectivity index (χ1) is 9.81. The summed E-state index contributed by atoms with van der Waals surface area (Å²) in [6, 6.07) is 8.58. The number of aryl methyl sites for hydroxylation is 1. The van der Waals surface area contributed by atoms with Crippen molar-refractivity contribution in [2.75, 3.05) is 13.1 Å². The van der Waals surface area contributed by atoms with E-state index in [1.807, 2.05) is 24.7 Å². The van der Waals surface area contributed by atoms with Crippen LogP contribution in [0.5, 0.6) is 0 Å². The second-order valence-electron chi connectivity index (χ2n) is 5.67. The molecular formula is C17H21N3. The molecule has 1 atom stereocenters. The van der Waals surface area contributed by atoms with Gasteiger partial charge in [-0.15, -0.1) is 0 Å². The van der Waals surface area contributed by atoms with Gasteiger partial charge in [-0.2, -0.15) is 0 Å². The molecule has 2 aromatic heterocycles. The highest BCUT2D eigenvalue weighted by atomic mass is 15.1. The van der Waals surface area contributed by atoms with Crippen molar-refractivity contribution in [3.8, 4) is 0 Å². The van der Waals surface area contributed by atoms with E-state index in [1.165, 1.54) is 30.5 Å². The van der Waals surface area contributed by atoms with Crippen LogP contribution < -0.4 is 0 Å². The predicted molar refractivity (Wildman–Crippen MR) is 80.5 cm³/mol. The number of pyridine rings is 2. The molecule has 1 unspecified atom stereocenters. The first-order valence-corrected chi connectivity index (χ1v) is 7.35. The SMILES string of the molecule is Cc1cc(C2CCCN(Cc3cccnc3)C2)ccn1. The van der Waals surface area contributed by atoms with Crippen molar-refractivity contribution < 1.29 is 0 Å². The van der Waals surface area contributed by atoms with Crippen LogP contribution in [0.4, 0.5) is 0 Å². The average Bonchev–Trinajstić information content (AvgIpc) is 2.49. The molecule has 1 saturated heterocycles. The molecule has 0 aromatic carbocycles. The summed E-state index contributed by atoms with van der Waals surface area (Å²) in [7, 11) is 0. The van der Waals surface area contributed by atoms with Gasteiger partial charge in [0.1, 0.15) is 0 Å². The van der Waals surface area contributed by atoms with E-state index in [1.54, 1.807) is 0 Å². The van der Waals surface area contributed by atoms with Gasteiger partial charge in [0, 0.05) is 37.4 Å². The van der Waals surface area contributed by atoms with Crippen LogP contribution in [0.15, 0.2) is 42.9 Å². The molecule has 0 amide bonds. The van der Waals surface area contributed by atoms with Crippen molar-refractivity contribution in [1.29, 1.82) is 0 Å². The molecule has 0 saturated carbocycles. The Balaban J connectivity index is 1.67. The summed E-state index contributed by atoms with van der Waals surface area (Å²) in [6.07, 6.45) is 8.30. The molecule has 104 valence electrons. The van der Waals surface area contributed by atoms with Crippen LogP contribution in [0, 0.1) is 6.92 Å². The summed E-state index contributed by atoms with van der Waals surface area (Å²) in [5.41, 5.74) is 3.86. The number of hydrogen-bond donors (Lipinski definition) is 0. The number of piperidine rings is 1. The Morgan fingerprint density at radius 2 is 2.25 bits per heavy atom. The Morgan fingerprint density at radius 1 is 1.30 bits per heavy atom. The zero-order valence-electron chi connectivity index (χ0n) is 12.0. The fourth-order valence-electron chi connectivity index (χ4n) is 3.04. The quantitative estimate of drug-likeness (QED) is 0.855. The second kappa shape index (κ2) is 6.14. The van der Waals surface area contributed by atoms with Gasteiger partial charge in [-0.3, -0.25) is 14.9 Å². The van der Waals surface area contributed by atoms with Crippen molar-refractivity contribution in [1.82, 2.24) is 14.9 Å². The summed E-state index contributed by atoms with van der Waals surface area (Å²) in [4.78, 5) is 11.0. The van der Waals surface area contributed by atoms with Gasteiger partial charge in [0.15, 0.2) is 0 Å². The highest BCUT2D eigenvalue weighted by Crippen LogP contribution is 2.27. The summed E-state index contributed by atoms with van der Waals surface area (Å²) < 4.78 is 0. The van der Waals surface area contributed by atoms with Gasteiger partial charge < -0.3 is 0 Å². The highest BCUT2D eigenvalue weighted by molar-refractivity contribution is 5.21. The second-order valence-corrected chi connectivity index (χ2v) is 5.67. The number of likely N-dealkylation sites (tertiary alicyclic amines) is 1. The number of nitrogens with zero attached hydrogens (tertiary/aromatic N) is 3. The zero-order chi connectivity index (χ0) is 13.8. The number of hydrogen-bond acceptors (Lipinski definition) is 3. The summed E-state index contributed by atoms with van der Waals surface area (Å²) in [5.74, 6) is 0.641. The van der Waals surface area contributed by atoms with Crippen LogP contribution in [-0.4, -0.2) is 28.0 Å². The summed E-state index contributed by atoms with van der Waals surface area (Å²) in [5, 5.41) is 0. The lowest BCUT2D eigenvalue weighted by molar-refractivity contribution is 0.200. The molecule has 0 bridgehead atoms. The van der Waals surface area contributed by atoms with E-state index in [0.717, 1.165) is 18.8 Å². The van der Waals surface area contributed by atoms with E-state index >= 15 is 0 Å². The molecule has 0 N–H and O–H groups in total. The lowest BCUT2D eigenvalue weighted by Crippen LogP contribution is -2.33. The van der Waals surface area contributed by atoms with Crippen molar-refractivity contribution in [2.45, 2.75) is 32.2 Å². The van der Waals surface area contributed by atoms with Crippen LogP contribution >= 0.6 is 0 Å². The molecule has 1 fully saturated rings. The Kier molecular flexibility index (Phi) is 4.07. The van der Waals surface area contributed by atoms with Crippen molar-refractivity contribution in [3.05, 3.63) is 59.7 Å². The van der Waals surface area contributed by atoms with Crippen LogP contribution in [0.2, 0.25) is 0 Å². The molecule has 1 aliphatic rings. The maximum atomic E-state index is 4.30. The lowest BCUT2D eigenvalue weighted by atomic mass is 9.90. The standard InChI is InChI=1S/C17H21N3/c1-14-10-16(6-8-19-14)17-5-3-9-20(13-17)12-15-4-2-7-18-11-15/h2,4,6-8,10-11,17H,3,5,9,12-13H2,1H3. The first kappa shape index (κ1) is 13.3. The Labute approximate surface area is 120 Å². The van der Waals surface area contributed by atoms with Gasteiger partial charge in [0.25, 0.3) is 0 Å². The molecule has 3 heterocycles. The molecule has 20 heavy (non-hydrogen) atoms. The third kappa shape index (κ3) is 3.23. The summed E-state index contributed by atoms with van der Waals surface area (Å²) in [6.45, 7) is 5.40. The lowest BCUT2D eigenvalue weighted by Gasteiger charge is -2.33. The van der Waals surface area contributed by atoms with Crippen LogP contribution in [0.1, 0.15) is 35.6 Å². The van der Waals surface area contributed by atoms with Gasteiger partial charge in [0.2, 0.25) is 0 Å². The van der Waals surface area contributed by atoms with Gasteiger partial charge >= 0.3 is 0 Å². The minimum Gasteiger partial charge on any atom is -0.298 e. The number of aromatic nitrogens is 2. The smallest absolute Gasteiger partial charge is 0.0375 e. The topological polar surface area (TPSA) is 29.0 Å². The molecule has 1 aliphatic heterocycles. The van der Waals surface area contributed by atoms with Gasteiger partial charge in [-0.1, -0.05) is 6.07 Å². The summed E-state index contributed by atoms with van der Waals surface area (Å²) >= 11 is 0. The van der Waals surface area contributed by atoms with E-state index in [2.05, 4.69) is 40.0 Å². The third-order valence-corrected chi connectivity index (χ3v) is 4.03. The third-order valence-electron chi connectivity index (χ3n) is 4.03. The minimum absolute atomic E-state index is 0.641. The highest BCUT2D eigenvalue weighted by Gasteiger charge is 2.21. The Bertz CT molecular complexity index is 553. The van der Waals surface area contributed by atoms with Gasteiger partial charge in [0.05, 0.1) is 0 Å². The normalized spacial score (nSPS) is 19.9. The van der Waals surface area contributed by atoms with E-state index in [9.17, 15) is 0 Å². The van der Waals surface area contributed by atoms with Gasteiger partial charge in [-0.05, 0) is 61.6 Å². The molecule has 2 aromatic rings. The van der Waals surface area contributed by atoms with E-state index < -0.39 is 0 Å². The predicted octanol–water partition coefficient (Wildman–Crippen LogP) is 3.16. The zero-order valence-corrected chi connectivity index (χ0v) is 12.0. The van der Waals surface area contributed by atoms with Crippen molar-refractivity contribution in [2.24, 2.45) is 0 Å². The Morgan fingerprint density at radius 3 is 3.05 bits per heavy atom. The van der Waals surface area contributed by atoms with Crippen molar-refractivity contribution >= 4 is 0 Å². The minimum atomic E-state index is 0.641. The van der Waals surface area contributed by atoms with Crippen molar-refractivity contribution in [3.63, 3.8) is 0 Å². The molecule has 0 spiro atoms. The molecule has 3 heteroatoms. The maximum absolute atomic E-state index is 4.30. The fourth-order valence-corrected chi connectivity index (χ4v) is 3.04. The van der Waals surface area contributed by atoms with E-state index in [-0.39, 0.29) is 0 Å². The Hall–Kier alpha value is -1.74. The molecule has 3 rings (SSSR count). The van der Waals surface area contributed by atoms with E-state index in [0.29, 0.717) is 5.92 Å². The average molecular weight is 267 g/mol. The van der Waals surface area contributed by atoms with Crippen LogP contribution in [0.3, 0.4) is 0 Å². The molecule has 3 nitrogen and oxygen atoms in total. The van der Waals surface area contributed by atoms with Crippen LogP contribution in [-0.2, 0) is 6.54 Å². The first-order valence-electron chi connectivity index (χ1n) is 7.35.